The first-order valence-electron chi connectivity index (χ1n) is 7.20. The molecule has 0 fully saturated rings. The van der Waals surface area contributed by atoms with Crippen molar-refractivity contribution in [2.45, 2.75) is 26.7 Å². The topological polar surface area (TPSA) is 42.9 Å². The molecule has 0 unspecified atom stereocenters. The van der Waals surface area contributed by atoms with Gasteiger partial charge in [-0.15, -0.1) is 0 Å². The second-order valence-corrected chi connectivity index (χ2v) is 4.62. The van der Waals surface area contributed by atoms with E-state index in [2.05, 4.69) is 36.3 Å². The minimum absolute atomic E-state index is 0.625. The monoisotopic (exact) mass is 278 g/mol. The molecule has 0 atom stereocenters. The van der Waals surface area contributed by atoms with Crippen molar-refractivity contribution in [3.05, 3.63) is 29.8 Å². The molecule has 0 bridgehead atoms. The third kappa shape index (κ3) is 6.68. The number of aliphatic imine (C=N–C) groups is 1. The number of hydrogen-bond acceptors (Lipinski definition) is 3. The van der Waals surface area contributed by atoms with Gasteiger partial charge in [-0.3, -0.25) is 4.99 Å². The molecule has 0 amide bonds. The Hall–Kier alpha value is -1.39. The predicted molar refractivity (Wildman–Crippen MR) is 84.7 cm³/mol. The minimum Gasteiger partial charge on any atom is -0.382 e. The van der Waals surface area contributed by atoms with Crippen LogP contribution in [0.5, 0.6) is 0 Å². The summed E-state index contributed by atoms with van der Waals surface area (Å²) in [5.41, 5.74) is 2.35. The molecule has 0 aliphatic rings. The van der Waals surface area contributed by atoms with Crippen molar-refractivity contribution in [2.24, 2.45) is 4.99 Å². The van der Waals surface area contributed by atoms with Crippen LogP contribution >= 0.6 is 0 Å². The summed E-state index contributed by atoms with van der Waals surface area (Å²) >= 11 is 0. The smallest absolute Gasteiger partial charge is 0.101 e. The van der Waals surface area contributed by atoms with Gasteiger partial charge < -0.3 is 14.8 Å². The Morgan fingerprint density at radius 3 is 2.70 bits per heavy atom. The van der Waals surface area contributed by atoms with E-state index in [1.807, 2.05) is 12.1 Å². The van der Waals surface area contributed by atoms with Gasteiger partial charge in [-0.1, -0.05) is 25.1 Å². The predicted octanol–water partition coefficient (Wildman–Crippen LogP) is 3.27. The van der Waals surface area contributed by atoms with Crippen molar-refractivity contribution < 1.29 is 9.47 Å². The molecular formula is C16H26N2O2. The van der Waals surface area contributed by atoms with Crippen molar-refractivity contribution in [3.63, 3.8) is 0 Å². The summed E-state index contributed by atoms with van der Waals surface area (Å²) in [6.45, 7) is 6.82. The Kier molecular flexibility index (Phi) is 8.67. The van der Waals surface area contributed by atoms with E-state index in [1.54, 1.807) is 7.11 Å². The third-order valence-electron chi connectivity index (χ3n) is 2.88. The van der Waals surface area contributed by atoms with Crippen molar-refractivity contribution >= 4 is 11.5 Å². The third-order valence-corrected chi connectivity index (χ3v) is 2.88. The number of para-hydroxylation sites is 1. The van der Waals surface area contributed by atoms with Crippen LogP contribution < -0.4 is 5.32 Å². The fraction of sp³-hybridized carbons (Fsp3) is 0.562. The summed E-state index contributed by atoms with van der Waals surface area (Å²) in [4.78, 5) is 4.59. The van der Waals surface area contributed by atoms with Gasteiger partial charge in [0.05, 0.1) is 26.4 Å². The lowest BCUT2D eigenvalue weighted by Gasteiger charge is -2.12. The van der Waals surface area contributed by atoms with Crippen molar-refractivity contribution in [2.75, 3.05) is 38.8 Å². The SMILES string of the molecule is CCCC(=NCCOCCOC)Nc1ccccc1C. The normalized spacial score (nSPS) is 11.7. The summed E-state index contributed by atoms with van der Waals surface area (Å²) in [5.74, 6) is 1.03. The van der Waals surface area contributed by atoms with E-state index >= 15 is 0 Å². The molecule has 112 valence electrons. The number of aryl methyl sites for hydroxylation is 1. The van der Waals surface area contributed by atoms with Crippen molar-refractivity contribution in [3.8, 4) is 0 Å². The van der Waals surface area contributed by atoms with Gasteiger partial charge in [-0.25, -0.2) is 0 Å². The molecule has 1 aromatic rings. The molecule has 0 heterocycles. The Labute approximate surface area is 122 Å². The highest BCUT2D eigenvalue weighted by molar-refractivity contribution is 5.96. The van der Waals surface area contributed by atoms with Gasteiger partial charge in [0.25, 0.3) is 0 Å². The van der Waals surface area contributed by atoms with Gasteiger partial charge in [-0.2, -0.15) is 0 Å². The second kappa shape index (κ2) is 10.4. The van der Waals surface area contributed by atoms with Crippen LogP contribution in [0.2, 0.25) is 0 Å². The number of nitrogens with one attached hydrogen (secondary N) is 1. The van der Waals surface area contributed by atoms with E-state index in [0.717, 1.165) is 24.4 Å². The highest BCUT2D eigenvalue weighted by Crippen LogP contribution is 2.14. The van der Waals surface area contributed by atoms with Gasteiger partial charge in [-0.05, 0) is 25.0 Å². The van der Waals surface area contributed by atoms with Gasteiger partial charge in [0.2, 0.25) is 0 Å². The molecule has 1 N–H and O–H groups in total. The molecule has 1 aromatic carbocycles. The zero-order valence-electron chi connectivity index (χ0n) is 12.8. The Bertz CT molecular complexity index is 405. The lowest BCUT2D eigenvalue weighted by molar-refractivity contribution is 0.0748. The zero-order valence-corrected chi connectivity index (χ0v) is 12.8. The van der Waals surface area contributed by atoms with Gasteiger partial charge in [0.15, 0.2) is 0 Å². The van der Waals surface area contributed by atoms with Crippen LogP contribution in [-0.2, 0) is 9.47 Å². The van der Waals surface area contributed by atoms with Gasteiger partial charge >= 0.3 is 0 Å². The largest absolute Gasteiger partial charge is 0.382 e. The molecule has 1 rings (SSSR count). The van der Waals surface area contributed by atoms with E-state index in [-0.39, 0.29) is 0 Å². The maximum Gasteiger partial charge on any atom is 0.101 e. The number of methoxy groups -OCH3 is 1. The van der Waals surface area contributed by atoms with Crippen LogP contribution in [0.3, 0.4) is 0 Å². The lowest BCUT2D eigenvalue weighted by Crippen LogP contribution is -2.14. The second-order valence-electron chi connectivity index (χ2n) is 4.62. The summed E-state index contributed by atoms with van der Waals surface area (Å²) in [6.07, 6.45) is 2.02. The fourth-order valence-corrected chi connectivity index (χ4v) is 1.78. The van der Waals surface area contributed by atoms with E-state index in [1.165, 1.54) is 5.56 Å². The maximum absolute atomic E-state index is 5.42. The molecule has 4 heteroatoms. The van der Waals surface area contributed by atoms with Crippen LogP contribution in [0.25, 0.3) is 0 Å². The molecule has 0 saturated heterocycles. The molecule has 0 aliphatic heterocycles. The summed E-state index contributed by atoms with van der Waals surface area (Å²) in [5, 5.41) is 3.42. The van der Waals surface area contributed by atoms with E-state index in [4.69, 9.17) is 9.47 Å². The summed E-state index contributed by atoms with van der Waals surface area (Å²) in [6, 6.07) is 8.25. The van der Waals surface area contributed by atoms with Crippen molar-refractivity contribution in [1.29, 1.82) is 0 Å². The Balaban J connectivity index is 2.45. The molecule has 0 spiro atoms. The summed E-state index contributed by atoms with van der Waals surface area (Å²) in [7, 11) is 1.67. The molecule has 0 aliphatic carbocycles. The van der Waals surface area contributed by atoms with E-state index in [9.17, 15) is 0 Å². The summed E-state index contributed by atoms with van der Waals surface area (Å²) < 4.78 is 10.3. The maximum atomic E-state index is 5.42. The lowest BCUT2D eigenvalue weighted by atomic mass is 10.2. The van der Waals surface area contributed by atoms with Crippen LogP contribution in [0.15, 0.2) is 29.3 Å². The average molecular weight is 278 g/mol. The zero-order chi connectivity index (χ0) is 14.6. The number of benzene rings is 1. The number of ether oxygens (including phenoxy) is 2. The van der Waals surface area contributed by atoms with E-state index < -0.39 is 0 Å². The van der Waals surface area contributed by atoms with Crippen LogP contribution in [-0.4, -0.2) is 39.3 Å². The quantitative estimate of drug-likeness (QED) is 0.428. The number of nitrogens with zero attached hydrogens (tertiary/aromatic N) is 1. The Morgan fingerprint density at radius 1 is 1.20 bits per heavy atom. The molecule has 0 radical (unpaired) electrons. The number of amidine groups is 1. The fourth-order valence-electron chi connectivity index (χ4n) is 1.78. The molecule has 0 saturated carbocycles. The van der Waals surface area contributed by atoms with Gasteiger partial charge in [0.1, 0.15) is 5.84 Å². The first kappa shape index (κ1) is 16.7. The van der Waals surface area contributed by atoms with Crippen LogP contribution in [0.1, 0.15) is 25.3 Å². The van der Waals surface area contributed by atoms with Crippen LogP contribution in [0, 0.1) is 6.92 Å². The standard InChI is InChI=1S/C16H26N2O2/c1-4-7-16(17-10-11-20-13-12-19-3)18-15-9-6-5-8-14(15)2/h5-6,8-9H,4,7,10-13H2,1-3H3,(H,17,18). The molecule has 20 heavy (non-hydrogen) atoms. The first-order valence-corrected chi connectivity index (χ1v) is 7.20. The molecular weight excluding hydrogens is 252 g/mol. The highest BCUT2D eigenvalue weighted by Gasteiger charge is 2.01. The highest BCUT2D eigenvalue weighted by atomic mass is 16.5. The number of anilines is 1. The first-order chi connectivity index (χ1) is 9.77. The van der Waals surface area contributed by atoms with Gasteiger partial charge in [0, 0.05) is 19.2 Å². The Morgan fingerprint density at radius 2 is 2.00 bits per heavy atom. The molecule has 4 nitrogen and oxygen atoms in total. The van der Waals surface area contributed by atoms with Crippen molar-refractivity contribution in [1.82, 2.24) is 0 Å². The number of rotatable bonds is 9. The average Bonchev–Trinajstić information content (AvgIpc) is 2.45. The van der Waals surface area contributed by atoms with E-state index in [0.29, 0.717) is 26.4 Å². The molecule has 0 aromatic heterocycles. The number of hydrogen-bond donors (Lipinski definition) is 1. The van der Waals surface area contributed by atoms with Crippen LogP contribution in [0.4, 0.5) is 5.69 Å². The minimum atomic E-state index is 0.625.